The fraction of sp³-hybridized carbons (Fsp3) is 0.348. The number of azo groups is 2. The average molecular weight is 504 g/mol. The third-order valence-corrected chi connectivity index (χ3v) is 6.66. The van der Waals surface area contributed by atoms with Crippen LogP contribution in [0.1, 0.15) is 29.7 Å². The molecule has 0 spiro atoms. The summed E-state index contributed by atoms with van der Waals surface area (Å²) >= 11 is 1.65. The van der Waals surface area contributed by atoms with Gasteiger partial charge in [0.15, 0.2) is 13.1 Å². The minimum atomic E-state index is -3.04. The van der Waals surface area contributed by atoms with Gasteiger partial charge in [-0.1, -0.05) is 28.6 Å². The molecule has 184 valence electrons. The van der Waals surface area contributed by atoms with Gasteiger partial charge in [0.2, 0.25) is 0 Å². The van der Waals surface area contributed by atoms with Gasteiger partial charge in [-0.25, -0.2) is 4.79 Å². The summed E-state index contributed by atoms with van der Waals surface area (Å²) in [6, 6.07) is 10.1. The van der Waals surface area contributed by atoms with E-state index in [2.05, 4.69) is 17.4 Å². The van der Waals surface area contributed by atoms with Gasteiger partial charge in [0, 0.05) is 12.6 Å². The fourth-order valence-electron chi connectivity index (χ4n) is 4.02. The summed E-state index contributed by atoms with van der Waals surface area (Å²) in [6.45, 7) is 0.799. The van der Waals surface area contributed by atoms with Crippen LogP contribution in [0.5, 0.6) is 11.5 Å². The van der Waals surface area contributed by atoms with Crippen LogP contribution in [0.2, 0.25) is 0 Å². The second-order valence-corrected chi connectivity index (χ2v) is 8.77. The standard InChI is InChI=1S/C23H25F2N6O3S/c1-13-11-15(20-14(2)21(35-5)29(3)26-20)9-10-18(13)33-12-16-17(31-23(32)30(4)27-28-31)7-6-8-19(16)34-22(24)25/h6-11,20,22H,12H2,1-5H3/q+1. The van der Waals surface area contributed by atoms with E-state index >= 15 is 0 Å². The molecule has 2 heterocycles. The summed E-state index contributed by atoms with van der Waals surface area (Å²) in [4.78, 5) is 12.4. The number of thioether (sulfide) groups is 1. The van der Waals surface area contributed by atoms with Crippen LogP contribution in [0.4, 0.5) is 8.78 Å². The molecule has 4 rings (SSSR count). The molecule has 9 nitrogen and oxygen atoms in total. The van der Waals surface area contributed by atoms with Gasteiger partial charge in [0.05, 0.1) is 11.3 Å². The molecule has 0 radical (unpaired) electrons. The van der Waals surface area contributed by atoms with Crippen LogP contribution in [-0.2, 0) is 13.7 Å². The Morgan fingerprint density at radius 2 is 1.94 bits per heavy atom. The maximum atomic E-state index is 13.1. The van der Waals surface area contributed by atoms with Crippen molar-refractivity contribution < 1.29 is 23.0 Å². The Morgan fingerprint density at radius 3 is 2.54 bits per heavy atom. The van der Waals surface area contributed by atoms with E-state index in [9.17, 15) is 13.6 Å². The molecule has 1 aliphatic heterocycles. The molecule has 0 amide bonds. The van der Waals surface area contributed by atoms with Crippen LogP contribution in [0.25, 0.3) is 5.69 Å². The lowest BCUT2D eigenvalue weighted by molar-refractivity contribution is -0.500. The van der Waals surface area contributed by atoms with Gasteiger partial charge >= 0.3 is 12.3 Å². The third-order valence-electron chi connectivity index (χ3n) is 5.68. The van der Waals surface area contributed by atoms with Gasteiger partial charge in [-0.15, -0.1) is 0 Å². The van der Waals surface area contributed by atoms with E-state index in [0.717, 1.165) is 25.5 Å². The molecular formula is C23H25F2N6O3S+. The molecule has 0 saturated carbocycles. The van der Waals surface area contributed by atoms with Crippen LogP contribution in [-0.4, -0.2) is 44.4 Å². The highest BCUT2D eigenvalue weighted by Crippen LogP contribution is 2.38. The number of ether oxygens (including phenoxy) is 2. The number of hydrogen-bond donors (Lipinski definition) is 0. The Morgan fingerprint density at radius 1 is 1.17 bits per heavy atom. The number of alkyl halides is 2. The predicted molar refractivity (Wildman–Crippen MR) is 126 cm³/mol. The molecule has 0 saturated heterocycles. The molecule has 1 unspecified atom stereocenters. The molecule has 1 atom stereocenters. The summed E-state index contributed by atoms with van der Waals surface area (Å²) in [5.41, 5.74) is 3.01. The third kappa shape index (κ3) is 4.83. The molecule has 0 fully saturated rings. The van der Waals surface area contributed by atoms with Gasteiger partial charge < -0.3 is 9.47 Å². The fourth-order valence-corrected chi connectivity index (χ4v) is 4.76. The topological polar surface area (TPSA) is 86.5 Å². The number of benzene rings is 2. The van der Waals surface area contributed by atoms with E-state index in [1.807, 2.05) is 43.1 Å². The normalized spacial score (nSPS) is 15.7. The molecule has 3 aromatic rings. The van der Waals surface area contributed by atoms with Gasteiger partial charge in [-0.2, -0.15) is 18.1 Å². The van der Waals surface area contributed by atoms with Crippen LogP contribution in [0.3, 0.4) is 0 Å². The first-order chi connectivity index (χ1) is 16.7. The number of hydrogen-bond acceptors (Lipinski definition) is 7. The summed E-state index contributed by atoms with van der Waals surface area (Å²) in [7, 11) is 3.37. The average Bonchev–Trinajstić information content (AvgIpc) is 3.30. The van der Waals surface area contributed by atoms with E-state index in [-0.39, 0.29) is 29.6 Å². The van der Waals surface area contributed by atoms with Gasteiger partial charge in [-0.05, 0) is 71.0 Å². The molecule has 1 aromatic heterocycles. The van der Waals surface area contributed by atoms with Crippen molar-refractivity contribution in [1.29, 1.82) is 0 Å². The first-order valence-electron chi connectivity index (χ1n) is 10.7. The van der Waals surface area contributed by atoms with E-state index < -0.39 is 12.3 Å². The van der Waals surface area contributed by atoms with Crippen molar-refractivity contribution in [2.75, 3.05) is 13.3 Å². The van der Waals surface area contributed by atoms with Crippen molar-refractivity contribution in [1.82, 2.24) is 19.8 Å². The highest BCUT2D eigenvalue weighted by atomic mass is 32.2. The minimum Gasteiger partial charge on any atom is -0.488 e. The number of nitrogens with zero attached hydrogens (tertiary/aromatic N) is 6. The highest BCUT2D eigenvalue weighted by Gasteiger charge is 2.31. The zero-order valence-corrected chi connectivity index (χ0v) is 20.7. The number of tetrazole rings is 1. The zero-order valence-electron chi connectivity index (χ0n) is 19.9. The lowest BCUT2D eigenvalue weighted by atomic mass is 10.00. The van der Waals surface area contributed by atoms with Crippen LogP contribution >= 0.6 is 11.8 Å². The quantitative estimate of drug-likeness (QED) is 0.429. The summed E-state index contributed by atoms with van der Waals surface area (Å²) in [6.07, 6.45) is 2.02. The SMILES string of the molecule is CSC1=C(C)C(c2ccc(OCc3c(OC(F)F)cccc3-n3nnn(C)c3=O)c(C)c2)N=[N+]1C. The lowest BCUT2D eigenvalue weighted by Gasteiger charge is -2.16. The van der Waals surface area contributed by atoms with E-state index in [0.29, 0.717) is 5.75 Å². The molecule has 0 N–H and O–H groups in total. The summed E-state index contributed by atoms with van der Waals surface area (Å²) in [5.74, 6) is 0.457. The van der Waals surface area contributed by atoms with Crippen molar-refractivity contribution in [3.8, 4) is 17.2 Å². The Balaban J connectivity index is 1.64. The number of aromatic nitrogens is 4. The van der Waals surface area contributed by atoms with Crippen molar-refractivity contribution in [2.24, 2.45) is 12.2 Å². The maximum Gasteiger partial charge on any atom is 0.387 e. The van der Waals surface area contributed by atoms with Crippen LogP contribution < -0.4 is 15.2 Å². The van der Waals surface area contributed by atoms with Crippen molar-refractivity contribution in [2.45, 2.75) is 33.1 Å². The van der Waals surface area contributed by atoms with Crippen molar-refractivity contribution in [3.63, 3.8) is 0 Å². The smallest absolute Gasteiger partial charge is 0.387 e. The summed E-state index contributed by atoms with van der Waals surface area (Å²) in [5, 5.41) is 13.4. The van der Waals surface area contributed by atoms with Crippen molar-refractivity contribution >= 4 is 11.8 Å². The Kier molecular flexibility index (Phi) is 7.01. The monoisotopic (exact) mass is 503 g/mol. The molecular weight excluding hydrogens is 478 g/mol. The van der Waals surface area contributed by atoms with E-state index in [4.69, 9.17) is 14.6 Å². The second-order valence-electron chi connectivity index (χ2n) is 7.98. The van der Waals surface area contributed by atoms with Gasteiger partial charge in [-0.3, -0.25) is 0 Å². The summed E-state index contributed by atoms with van der Waals surface area (Å²) < 4.78 is 40.8. The Hall–Kier alpha value is -3.54. The van der Waals surface area contributed by atoms with Gasteiger partial charge in [0.1, 0.15) is 18.1 Å². The lowest BCUT2D eigenvalue weighted by Crippen LogP contribution is -2.23. The Bertz CT molecular complexity index is 1380. The molecule has 12 heteroatoms. The van der Waals surface area contributed by atoms with Crippen molar-refractivity contribution in [3.05, 3.63) is 74.2 Å². The van der Waals surface area contributed by atoms with E-state index in [1.54, 1.807) is 17.8 Å². The maximum absolute atomic E-state index is 13.1. The van der Waals surface area contributed by atoms with E-state index in [1.165, 1.54) is 24.8 Å². The second kappa shape index (κ2) is 9.98. The minimum absolute atomic E-state index is 0.0782. The molecule has 35 heavy (non-hydrogen) atoms. The number of halogens is 2. The number of rotatable bonds is 8. The first-order valence-corrected chi connectivity index (χ1v) is 11.9. The van der Waals surface area contributed by atoms with Gasteiger partial charge in [0.25, 0.3) is 5.03 Å². The van der Waals surface area contributed by atoms with Crippen LogP contribution in [0.15, 0.2) is 56.9 Å². The number of aryl methyl sites for hydroxylation is 2. The molecule has 0 aliphatic carbocycles. The largest absolute Gasteiger partial charge is 0.488 e. The molecule has 0 bridgehead atoms. The molecule has 1 aliphatic rings. The zero-order chi connectivity index (χ0) is 25.3. The van der Waals surface area contributed by atoms with Crippen LogP contribution in [0, 0.1) is 6.92 Å². The predicted octanol–water partition coefficient (Wildman–Crippen LogP) is 4.20. The Labute approximate surface area is 204 Å². The highest BCUT2D eigenvalue weighted by molar-refractivity contribution is 8.02. The first kappa shape index (κ1) is 24.6. The molecule has 2 aromatic carbocycles.